The SMILES string of the molecule is CCCc1cc(C(O)(C(F)(F)F)C(F)(F)F)ccc1N1CCN(C(=O)CN2C(=O)NC(C)(c3ccc4c(c3)OCC4)C2=O)CC1C. The molecule has 0 aliphatic carbocycles. The molecule has 0 radical (unpaired) electrons. The lowest BCUT2D eigenvalue weighted by atomic mass is 9.89. The molecular weight excluding hydrogens is 622 g/mol. The normalized spacial score (nSPS) is 22.2. The number of halogens is 6. The molecule has 3 aliphatic rings. The zero-order valence-electron chi connectivity index (χ0n) is 25.4. The molecule has 250 valence electrons. The highest BCUT2D eigenvalue weighted by molar-refractivity contribution is 6.09. The van der Waals surface area contributed by atoms with E-state index in [2.05, 4.69) is 5.32 Å². The van der Waals surface area contributed by atoms with Gasteiger partial charge in [-0.1, -0.05) is 37.6 Å². The molecule has 5 rings (SSSR count). The van der Waals surface area contributed by atoms with Crippen LogP contribution in [-0.2, 0) is 33.6 Å². The van der Waals surface area contributed by atoms with E-state index in [1.165, 1.54) is 4.90 Å². The number of aliphatic hydroxyl groups is 1. The first-order valence-electron chi connectivity index (χ1n) is 14.9. The van der Waals surface area contributed by atoms with Gasteiger partial charge >= 0.3 is 18.4 Å². The minimum Gasteiger partial charge on any atom is -0.493 e. The molecule has 9 nitrogen and oxygen atoms in total. The van der Waals surface area contributed by atoms with Crippen LogP contribution < -0.4 is 15.0 Å². The van der Waals surface area contributed by atoms with Crippen LogP contribution in [0.5, 0.6) is 5.75 Å². The van der Waals surface area contributed by atoms with Gasteiger partial charge in [0, 0.05) is 43.3 Å². The summed E-state index contributed by atoms with van der Waals surface area (Å²) < 4.78 is 86.8. The summed E-state index contributed by atoms with van der Waals surface area (Å²) in [6, 6.07) is 6.63. The van der Waals surface area contributed by atoms with E-state index in [9.17, 15) is 45.8 Å². The summed E-state index contributed by atoms with van der Waals surface area (Å²) in [6.45, 7) is 5.43. The number of alkyl halides is 6. The number of amides is 4. The van der Waals surface area contributed by atoms with Crippen LogP contribution in [0.3, 0.4) is 0 Å². The van der Waals surface area contributed by atoms with E-state index in [-0.39, 0.29) is 31.6 Å². The Hall–Kier alpha value is -4.01. The number of carbonyl (C=O) groups excluding carboxylic acids is 3. The van der Waals surface area contributed by atoms with E-state index in [0.29, 0.717) is 36.1 Å². The fourth-order valence-electron chi connectivity index (χ4n) is 6.34. The van der Waals surface area contributed by atoms with Crippen molar-refractivity contribution in [2.45, 2.75) is 69.6 Å². The molecule has 3 heterocycles. The molecule has 0 saturated carbocycles. The highest BCUT2D eigenvalue weighted by Crippen LogP contribution is 2.50. The molecule has 2 aromatic carbocycles. The summed E-state index contributed by atoms with van der Waals surface area (Å²) in [4.78, 5) is 43.7. The number of fused-ring (bicyclic) bond motifs is 1. The predicted molar refractivity (Wildman–Crippen MR) is 153 cm³/mol. The number of hydrogen-bond acceptors (Lipinski definition) is 6. The lowest BCUT2D eigenvalue weighted by Crippen LogP contribution is -2.56. The number of anilines is 1. The number of imide groups is 1. The lowest BCUT2D eigenvalue weighted by molar-refractivity contribution is -0.376. The second kappa shape index (κ2) is 11.7. The molecule has 2 fully saturated rings. The van der Waals surface area contributed by atoms with E-state index < -0.39 is 59.5 Å². The Morgan fingerprint density at radius 2 is 1.76 bits per heavy atom. The van der Waals surface area contributed by atoms with Crippen molar-refractivity contribution in [3.8, 4) is 5.75 Å². The van der Waals surface area contributed by atoms with Crippen molar-refractivity contribution in [2.75, 3.05) is 37.7 Å². The number of carbonyl (C=O) groups is 3. The molecule has 4 amide bonds. The maximum Gasteiger partial charge on any atom is 0.430 e. The van der Waals surface area contributed by atoms with Crippen LogP contribution in [0.1, 0.15) is 49.4 Å². The lowest BCUT2D eigenvalue weighted by Gasteiger charge is -2.42. The van der Waals surface area contributed by atoms with Crippen LogP contribution >= 0.6 is 0 Å². The number of nitrogens with zero attached hydrogens (tertiary/aromatic N) is 3. The van der Waals surface area contributed by atoms with Crippen molar-refractivity contribution in [1.29, 1.82) is 0 Å². The van der Waals surface area contributed by atoms with Gasteiger partial charge in [-0.05, 0) is 49.1 Å². The molecule has 3 aliphatic heterocycles. The number of ether oxygens (including phenoxy) is 1. The molecule has 0 aromatic heterocycles. The molecule has 2 N–H and O–H groups in total. The van der Waals surface area contributed by atoms with Crippen LogP contribution in [0.15, 0.2) is 36.4 Å². The van der Waals surface area contributed by atoms with Crippen molar-refractivity contribution in [2.24, 2.45) is 0 Å². The van der Waals surface area contributed by atoms with E-state index >= 15 is 0 Å². The standard InChI is InChI=1S/C31H34F6N4O5/c1-4-5-20-14-22(29(45,30(32,33)34)31(35,36)37)8-9-23(20)40-12-11-39(16-18(40)2)25(42)17-41-26(43)28(3,38-27(41)44)21-7-6-19-10-13-46-24(19)15-21/h6-9,14-15,18,45H,4-5,10-13,16-17H2,1-3H3,(H,38,44). The van der Waals surface area contributed by atoms with E-state index in [1.54, 1.807) is 37.8 Å². The molecular formula is C31H34F6N4O5. The largest absolute Gasteiger partial charge is 0.493 e. The van der Waals surface area contributed by atoms with Crippen molar-refractivity contribution in [3.63, 3.8) is 0 Å². The first-order valence-corrected chi connectivity index (χ1v) is 14.9. The van der Waals surface area contributed by atoms with Gasteiger partial charge in [0.05, 0.1) is 6.61 Å². The summed E-state index contributed by atoms with van der Waals surface area (Å²) in [5.41, 5.74) is -5.69. The quantitative estimate of drug-likeness (QED) is 0.339. The van der Waals surface area contributed by atoms with Gasteiger partial charge < -0.3 is 25.0 Å². The minimum absolute atomic E-state index is 0.115. The third-order valence-corrected chi connectivity index (χ3v) is 8.97. The van der Waals surface area contributed by atoms with Gasteiger partial charge in [-0.3, -0.25) is 14.5 Å². The fourth-order valence-corrected chi connectivity index (χ4v) is 6.34. The molecule has 2 unspecified atom stereocenters. The van der Waals surface area contributed by atoms with Gasteiger partial charge in [0.2, 0.25) is 5.91 Å². The summed E-state index contributed by atoms with van der Waals surface area (Å²) in [5.74, 6) is -0.464. The van der Waals surface area contributed by atoms with Crippen LogP contribution in [-0.4, -0.2) is 83.9 Å². The highest BCUT2D eigenvalue weighted by Gasteiger charge is 2.71. The summed E-state index contributed by atoms with van der Waals surface area (Å²) in [6.07, 6.45) is -10.7. The average Bonchev–Trinajstić information content (AvgIpc) is 3.54. The second-order valence-electron chi connectivity index (χ2n) is 12.0. The van der Waals surface area contributed by atoms with Gasteiger partial charge in [0.25, 0.3) is 11.5 Å². The number of hydrogen-bond donors (Lipinski definition) is 2. The Morgan fingerprint density at radius 1 is 1.07 bits per heavy atom. The number of nitrogens with one attached hydrogen (secondary N) is 1. The Balaban J connectivity index is 1.30. The van der Waals surface area contributed by atoms with Crippen molar-refractivity contribution < 1.29 is 50.6 Å². The number of aryl methyl sites for hydroxylation is 1. The summed E-state index contributed by atoms with van der Waals surface area (Å²) in [7, 11) is 0. The molecule has 2 saturated heterocycles. The summed E-state index contributed by atoms with van der Waals surface area (Å²) >= 11 is 0. The molecule has 0 spiro atoms. The zero-order chi connectivity index (χ0) is 33.8. The number of piperazine rings is 1. The maximum atomic E-state index is 13.5. The van der Waals surface area contributed by atoms with Gasteiger partial charge in [0.1, 0.15) is 17.8 Å². The van der Waals surface area contributed by atoms with E-state index in [4.69, 9.17) is 4.74 Å². The predicted octanol–water partition coefficient (Wildman–Crippen LogP) is 4.39. The molecule has 2 aromatic rings. The highest BCUT2D eigenvalue weighted by atomic mass is 19.4. The number of urea groups is 1. The van der Waals surface area contributed by atoms with Crippen LogP contribution in [0.2, 0.25) is 0 Å². The minimum atomic E-state index is -6.00. The number of rotatable bonds is 7. The van der Waals surface area contributed by atoms with E-state index in [1.807, 2.05) is 6.07 Å². The van der Waals surface area contributed by atoms with Crippen molar-refractivity contribution in [1.82, 2.24) is 15.1 Å². The average molecular weight is 657 g/mol. The smallest absolute Gasteiger partial charge is 0.430 e. The third kappa shape index (κ3) is 5.52. The Kier molecular flexibility index (Phi) is 8.45. The topological polar surface area (TPSA) is 102 Å². The van der Waals surface area contributed by atoms with Gasteiger partial charge in [-0.25, -0.2) is 4.79 Å². The molecule has 0 bridgehead atoms. The molecule has 46 heavy (non-hydrogen) atoms. The Morgan fingerprint density at radius 3 is 2.39 bits per heavy atom. The third-order valence-electron chi connectivity index (χ3n) is 8.97. The van der Waals surface area contributed by atoms with Crippen molar-refractivity contribution in [3.05, 3.63) is 58.7 Å². The zero-order valence-corrected chi connectivity index (χ0v) is 25.4. The van der Waals surface area contributed by atoms with Crippen molar-refractivity contribution >= 4 is 23.5 Å². The number of benzene rings is 2. The first-order chi connectivity index (χ1) is 21.4. The van der Waals surface area contributed by atoms with Gasteiger partial charge in [-0.2, -0.15) is 26.3 Å². The van der Waals surface area contributed by atoms with E-state index in [0.717, 1.165) is 29.0 Å². The first kappa shape index (κ1) is 33.4. The molecule has 15 heteroatoms. The second-order valence-corrected chi connectivity index (χ2v) is 12.0. The van der Waals surface area contributed by atoms with Gasteiger partial charge in [0.15, 0.2) is 0 Å². The maximum absolute atomic E-state index is 13.5. The molecule has 2 atom stereocenters. The van der Waals surface area contributed by atoms with Crippen LogP contribution in [0.4, 0.5) is 36.8 Å². The Bertz CT molecular complexity index is 1530. The van der Waals surface area contributed by atoms with Gasteiger partial charge in [-0.15, -0.1) is 0 Å². The monoisotopic (exact) mass is 656 g/mol. The summed E-state index contributed by atoms with van der Waals surface area (Å²) in [5, 5.41) is 12.6. The van der Waals surface area contributed by atoms with Crippen LogP contribution in [0.25, 0.3) is 0 Å². The Labute approximate surface area is 261 Å². The fraction of sp³-hybridized carbons (Fsp3) is 0.516. The van der Waals surface area contributed by atoms with Crippen LogP contribution in [0, 0.1) is 0 Å².